The summed E-state index contributed by atoms with van der Waals surface area (Å²) in [5, 5.41) is 4.34. The molecule has 0 bridgehead atoms. The van der Waals surface area contributed by atoms with E-state index in [1.807, 2.05) is 31.2 Å². The third kappa shape index (κ3) is 3.73. The van der Waals surface area contributed by atoms with Gasteiger partial charge in [0, 0.05) is 11.9 Å². The standard InChI is InChI=1S/C15H18N2O4S/c1-10-14(22-12-7-5-11(19-3)6-8-12)15(17(2)16-10)21-9-13(18)20-4/h5-8H,9H2,1-4H3. The molecule has 0 N–H and O–H groups in total. The molecule has 7 heteroatoms. The maximum Gasteiger partial charge on any atom is 0.343 e. The lowest BCUT2D eigenvalue weighted by Crippen LogP contribution is -2.14. The molecule has 0 saturated heterocycles. The van der Waals surface area contributed by atoms with Crippen molar-refractivity contribution in [2.45, 2.75) is 16.7 Å². The largest absolute Gasteiger partial charge is 0.497 e. The maximum absolute atomic E-state index is 11.2. The first-order valence-corrected chi connectivity index (χ1v) is 7.42. The number of carbonyl (C=O) groups is 1. The Balaban J connectivity index is 2.20. The van der Waals surface area contributed by atoms with Crippen LogP contribution in [-0.4, -0.2) is 36.6 Å². The van der Waals surface area contributed by atoms with Gasteiger partial charge in [-0.1, -0.05) is 11.8 Å². The number of ether oxygens (including phenoxy) is 3. The average molecular weight is 322 g/mol. The molecule has 2 aromatic rings. The first-order chi connectivity index (χ1) is 10.5. The van der Waals surface area contributed by atoms with Gasteiger partial charge in [0.25, 0.3) is 0 Å². The van der Waals surface area contributed by atoms with Crippen LogP contribution in [0.4, 0.5) is 0 Å². The van der Waals surface area contributed by atoms with Gasteiger partial charge in [0.2, 0.25) is 5.88 Å². The maximum atomic E-state index is 11.2. The van der Waals surface area contributed by atoms with Gasteiger partial charge in [-0.2, -0.15) is 5.10 Å². The fraction of sp³-hybridized carbons (Fsp3) is 0.333. The van der Waals surface area contributed by atoms with Gasteiger partial charge in [-0.05, 0) is 31.2 Å². The predicted molar refractivity (Wildman–Crippen MR) is 82.6 cm³/mol. The lowest BCUT2D eigenvalue weighted by Gasteiger charge is -2.08. The van der Waals surface area contributed by atoms with Crippen molar-refractivity contribution in [2.75, 3.05) is 20.8 Å². The van der Waals surface area contributed by atoms with E-state index in [-0.39, 0.29) is 6.61 Å². The minimum atomic E-state index is -0.431. The molecule has 0 aliphatic heterocycles. The van der Waals surface area contributed by atoms with E-state index < -0.39 is 5.97 Å². The van der Waals surface area contributed by atoms with Crippen molar-refractivity contribution < 1.29 is 19.0 Å². The molecule has 0 spiro atoms. The van der Waals surface area contributed by atoms with Crippen LogP contribution in [0.2, 0.25) is 0 Å². The third-order valence-corrected chi connectivity index (χ3v) is 4.13. The van der Waals surface area contributed by atoms with Crippen molar-refractivity contribution in [3.8, 4) is 11.6 Å². The van der Waals surface area contributed by atoms with Crippen molar-refractivity contribution in [1.29, 1.82) is 0 Å². The second-order valence-electron chi connectivity index (χ2n) is 4.49. The summed E-state index contributed by atoms with van der Waals surface area (Å²) in [7, 11) is 4.73. The van der Waals surface area contributed by atoms with Gasteiger partial charge in [-0.15, -0.1) is 0 Å². The van der Waals surface area contributed by atoms with E-state index in [9.17, 15) is 4.79 Å². The van der Waals surface area contributed by atoms with Crippen LogP contribution in [0.1, 0.15) is 5.69 Å². The van der Waals surface area contributed by atoms with Crippen LogP contribution in [0.3, 0.4) is 0 Å². The van der Waals surface area contributed by atoms with Crippen molar-refractivity contribution >= 4 is 17.7 Å². The Hall–Kier alpha value is -2.15. The van der Waals surface area contributed by atoms with E-state index in [1.54, 1.807) is 18.8 Å². The Bertz CT molecular complexity index is 652. The fourth-order valence-corrected chi connectivity index (χ4v) is 2.82. The molecular weight excluding hydrogens is 304 g/mol. The van der Waals surface area contributed by atoms with Gasteiger partial charge < -0.3 is 14.2 Å². The quantitative estimate of drug-likeness (QED) is 0.761. The predicted octanol–water partition coefficient (Wildman–Crippen LogP) is 2.44. The summed E-state index contributed by atoms with van der Waals surface area (Å²) in [6, 6.07) is 7.70. The highest BCUT2D eigenvalue weighted by Gasteiger charge is 2.17. The van der Waals surface area contributed by atoms with Crippen LogP contribution in [0.15, 0.2) is 34.1 Å². The van der Waals surface area contributed by atoms with Gasteiger partial charge in [0.15, 0.2) is 6.61 Å². The number of aryl methyl sites for hydroxylation is 2. The average Bonchev–Trinajstić information content (AvgIpc) is 2.79. The van der Waals surface area contributed by atoms with Gasteiger partial charge >= 0.3 is 5.97 Å². The SMILES string of the molecule is COC(=O)COc1c(Sc2ccc(OC)cc2)c(C)nn1C. The molecule has 1 aromatic heterocycles. The van der Waals surface area contributed by atoms with E-state index in [2.05, 4.69) is 9.84 Å². The summed E-state index contributed by atoms with van der Waals surface area (Å²) in [6.45, 7) is 1.75. The van der Waals surface area contributed by atoms with Crippen LogP contribution in [0, 0.1) is 6.92 Å². The summed E-state index contributed by atoms with van der Waals surface area (Å²) in [5.74, 6) is 0.914. The van der Waals surface area contributed by atoms with Crippen molar-refractivity contribution in [2.24, 2.45) is 7.05 Å². The summed E-state index contributed by atoms with van der Waals surface area (Å²) in [6.07, 6.45) is 0. The minimum Gasteiger partial charge on any atom is -0.497 e. The Kier molecular flexibility index (Phi) is 5.32. The van der Waals surface area contributed by atoms with Crippen LogP contribution in [-0.2, 0) is 16.6 Å². The lowest BCUT2D eigenvalue weighted by molar-refractivity contribution is -0.143. The highest BCUT2D eigenvalue weighted by atomic mass is 32.2. The van der Waals surface area contributed by atoms with Crippen molar-refractivity contribution in [3.63, 3.8) is 0 Å². The van der Waals surface area contributed by atoms with Gasteiger partial charge in [-0.25, -0.2) is 9.48 Å². The first-order valence-electron chi connectivity index (χ1n) is 6.60. The topological polar surface area (TPSA) is 62.6 Å². The summed E-state index contributed by atoms with van der Waals surface area (Å²) in [4.78, 5) is 13.1. The zero-order valence-electron chi connectivity index (χ0n) is 13.0. The second-order valence-corrected chi connectivity index (χ2v) is 5.57. The molecule has 118 valence electrons. The van der Waals surface area contributed by atoms with Crippen LogP contribution in [0.25, 0.3) is 0 Å². The minimum absolute atomic E-state index is 0.147. The van der Waals surface area contributed by atoms with Gasteiger partial charge in [0.1, 0.15) is 5.75 Å². The molecule has 0 saturated carbocycles. The number of carbonyl (C=O) groups excluding carboxylic acids is 1. The van der Waals surface area contributed by atoms with E-state index >= 15 is 0 Å². The van der Waals surface area contributed by atoms with Crippen LogP contribution in [0.5, 0.6) is 11.6 Å². The summed E-state index contributed by atoms with van der Waals surface area (Å²) >= 11 is 1.52. The van der Waals surface area contributed by atoms with Crippen molar-refractivity contribution in [1.82, 2.24) is 9.78 Å². The number of hydrogen-bond donors (Lipinski definition) is 0. The van der Waals surface area contributed by atoms with Gasteiger partial charge in [-0.3, -0.25) is 0 Å². The van der Waals surface area contributed by atoms with Crippen LogP contribution >= 0.6 is 11.8 Å². The zero-order valence-corrected chi connectivity index (χ0v) is 13.8. The third-order valence-electron chi connectivity index (χ3n) is 2.95. The number of benzene rings is 1. The molecule has 0 radical (unpaired) electrons. The van der Waals surface area contributed by atoms with Crippen LogP contribution < -0.4 is 9.47 Å². The Morgan fingerprint density at radius 1 is 1.27 bits per heavy atom. The second kappa shape index (κ2) is 7.22. The molecule has 0 unspecified atom stereocenters. The molecule has 1 aromatic carbocycles. The summed E-state index contributed by atoms with van der Waals surface area (Å²) in [5.41, 5.74) is 0.836. The molecule has 0 aliphatic rings. The smallest absolute Gasteiger partial charge is 0.343 e. The molecule has 6 nitrogen and oxygen atoms in total. The van der Waals surface area contributed by atoms with E-state index in [0.717, 1.165) is 21.2 Å². The molecule has 0 aliphatic carbocycles. The molecular formula is C15H18N2O4S. The van der Waals surface area contributed by atoms with Gasteiger partial charge in [0.05, 0.1) is 24.8 Å². The number of hydrogen-bond acceptors (Lipinski definition) is 6. The summed E-state index contributed by atoms with van der Waals surface area (Å²) < 4.78 is 16.9. The molecule has 0 amide bonds. The van der Waals surface area contributed by atoms with E-state index in [1.165, 1.54) is 18.9 Å². The highest BCUT2D eigenvalue weighted by molar-refractivity contribution is 7.99. The monoisotopic (exact) mass is 322 g/mol. The number of methoxy groups -OCH3 is 2. The fourth-order valence-electron chi connectivity index (χ4n) is 1.84. The molecule has 2 rings (SSSR count). The zero-order chi connectivity index (χ0) is 16.1. The lowest BCUT2D eigenvalue weighted by atomic mass is 10.3. The Morgan fingerprint density at radius 3 is 2.55 bits per heavy atom. The molecule has 0 atom stereocenters. The number of rotatable bonds is 6. The van der Waals surface area contributed by atoms with E-state index in [4.69, 9.17) is 9.47 Å². The highest BCUT2D eigenvalue weighted by Crippen LogP contribution is 2.37. The molecule has 22 heavy (non-hydrogen) atoms. The first kappa shape index (κ1) is 16.2. The Labute approximate surface area is 133 Å². The molecule has 1 heterocycles. The number of esters is 1. The van der Waals surface area contributed by atoms with E-state index in [0.29, 0.717) is 5.88 Å². The van der Waals surface area contributed by atoms with Crippen molar-refractivity contribution in [3.05, 3.63) is 30.0 Å². The number of nitrogens with zero attached hydrogens (tertiary/aromatic N) is 2. The number of aromatic nitrogens is 2. The molecule has 0 fully saturated rings. The Morgan fingerprint density at radius 2 is 1.95 bits per heavy atom. The normalized spacial score (nSPS) is 10.4.